The maximum absolute atomic E-state index is 11.7. The van der Waals surface area contributed by atoms with Gasteiger partial charge in [-0.2, -0.15) is 0 Å². The minimum Gasteiger partial charge on any atom is -0.469 e. The van der Waals surface area contributed by atoms with Crippen molar-refractivity contribution in [2.75, 3.05) is 32.7 Å². The molecule has 0 radical (unpaired) electrons. The number of carbonyl (C=O) groups is 1. The first-order valence-corrected chi connectivity index (χ1v) is 9.03. The van der Waals surface area contributed by atoms with Crippen LogP contribution >= 0.6 is 24.0 Å². The quantitative estimate of drug-likeness (QED) is 0.299. The van der Waals surface area contributed by atoms with E-state index in [-0.39, 0.29) is 35.3 Å². The topological polar surface area (TPSA) is 69.9 Å². The van der Waals surface area contributed by atoms with Gasteiger partial charge in [-0.15, -0.1) is 24.0 Å². The summed E-state index contributed by atoms with van der Waals surface area (Å²) >= 11 is 0. The maximum atomic E-state index is 11.7. The zero-order chi connectivity index (χ0) is 17.7. The van der Waals surface area contributed by atoms with Gasteiger partial charge in [-0.05, 0) is 31.9 Å². The van der Waals surface area contributed by atoms with E-state index in [2.05, 4.69) is 22.1 Å². The molecule has 6 nitrogen and oxygen atoms in total. The molecular weight excluding hydrogens is 443 g/mol. The van der Waals surface area contributed by atoms with Crippen molar-refractivity contribution < 1.29 is 9.21 Å². The number of hydrogen-bond acceptors (Lipinski definition) is 3. The van der Waals surface area contributed by atoms with E-state index in [0.29, 0.717) is 13.0 Å². The third kappa shape index (κ3) is 5.49. The molecule has 0 saturated carbocycles. The van der Waals surface area contributed by atoms with Crippen LogP contribution in [0, 0.1) is 5.41 Å². The van der Waals surface area contributed by atoms with Crippen molar-refractivity contribution in [1.82, 2.24) is 15.5 Å². The number of nitrogens with zero attached hydrogens (tertiary/aromatic N) is 2. The van der Waals surface area contributed by atoms with Crippen molar-refractivity contribution in [1.29, 1.82) is 0 Å². The number of carbonyl (C=O) groups excluding carboxylic acids is 1. The van der Waals surface area contributed by atoms with E-state index >= 15 is 0 Å². The largest absolute Gasteiger partial charge is 0.469 e. The van der Waals surface area contributed by atoms with Gasteiger partial charge in [-0.1, -0.05) is 12.2 Å². The van der Waals surface area contributed by atoms with Crippen molar-refractivity contribution in [3.8, 4) is 0 Å². The Morgan fingerprint density at radius 3 is 3.04 bits per heavy atom. The van der Waals surface area contributed by atoms with Gasteiger partial charge in [0.15, 0.2) is 5.96 Å². The second-order valence-electron chi connectivity index (χ2n) is 7.33. The van der Waals surface area contributed by atoms with E-state index in [1.807, 2.05) is 19.1 Å². The molecule has 2 saturated heterocycles. The molecule has 1 spiro atoms. The number of furan rings is 1. The van der Waals surface area contributed by atoms with E-state index in [1.54, 1.807) is 6.26 Å². The van der Waals surface area contributed by atoms with E-state index in [4.69, 9.17) is 9.41 Å². The number of hydrogen-bond donors (Lipinski definition) is 2. The molecule has 2 fully saturated rings. The van der Waals surface area contributed by atoms with Crippen molar-refractivity contribution >= 4 is 35.8 Å². The molecule has 1 atom stereocenters. The molecule has 3 rings (SSSR count). The molecule has 26 heavy (non-hydrogen) atoms. The van der Waals surface area contributed by atoms with Gasteiger partial charge in [-0.25, -0.2) is 4.99 Å². The molecule has 2 N–H and O–H groups in total. The summed E-state index contributed by atoms with van der Waals surface area (Å²) in [6.07, 6.45) is 5.33. The summed E-state index contributed by atoms with van der Waals surface area (Å²) in [7, 11) is 0. The highest BCUT2D eigenvalue weighted by Crippen LogP contribution is 2.36. The predicted octanol–water partition coefficient (Wildman–Crippen LogP) is 2.56. The van der Waals surface area contributed by atoms with Crippen LogP contribution in [0.15, 0.2) is 40.0 Å². The van der Waals surface area contributed by atoms with Gasteiger partial charge in [0.05, 0.1) is 12.8 Å². The molecule has 1 unspecified atom stereocenters. The molecule has 0 aliphatic carbocycles. The third-order valence-electron chi connectivity index (χ3n) is 4.89. The average molecular weight is 472 g/mol. The molecule has 1 amide bonds. The minimum atomic E-state index is 0. The van der Waals surface area contributed by atoms with Crippen LogP contribution in [-0.4, -0.2) is 49.5 Å². The van der Waals surface area contributed by atoms with Crippen LogP contribution in [-0.2, 0) is 11.2 Å². The Kier molecular flexibility index (Phi) is 7.55. The molecule has 2 aliphatic heterocycles. The Hall–Kier alpha value is -1.51. The van der Waals surface area contributed by atoms with Crippen molar-refractivity contribution in [2.24, 2.45) is 10.4 Å². The van der Waals surface area contributed by atoms with Gasteiger partial charge < -0.3 is 20.0 Å². The lowest BCUT2D eigenvalue weighted by molar-refractivity contribution is -0.119. The third-order valence-corrected chi connectivity index (χ3v) is 4.89. The first-order valence-electron chi connectivity index (χ1n) is 9.03. The Bertz CT molecular complexity index is 644. The summed E-state index contributed by atoms with van der Waals surface area (Å²) in [4.78, 5) is 18.7. The van der Waals surface area contributed by atoms with Crippen molar-refractivity contribution in [3.63, 3.8) is 0 Å². The molecular formula is C19H29IN4O2. The van der Waals surface area contributed by atoms with Gasteiger partial charge in [0.25, 0.3) is 0 Å². The average Bonchev–Trinajstić information content (AvgIpc) is 3.21. The summed E-state index contributed by atoms with van der Waals surface area (Å²) in [6.45, 7) is 9.94. The van der Waals surface area contributed by atoms with Crippen LogP contribution in [0.2, 0.25) is 0 Å². The fraction of sp³-hybridized carbons (Fsp3) is 0.579. The Labute approximate surface area is 172 Å². The van der Waals surface area contributed by atoms with Gasteiger partial charge in [-0.3, -0.25) is 4.79 Å². The molecule has 0 bridgehead atoms. The molecule has 3 heterocycles. The Morgan fingerprint density at radius 2 is 2.38 bits per heavy atom. The lowest BCUT2D eigenvalue weighted by Gasteiger charge is -2.41. The lowest BCUT2D eigenvalue weighted by atomic mass is 9.79. The highest BCUT2D eigenvalue weighted by atomic mass is 127. The number of amides is 1. The Morgan fingerprint density at radius 1 is 1.54 bits per heavy atom. The van der Waals surface area contributed by atoms with Gasteiger partial charge in [0, 0.05) is 44.4 Å². The maximum Gasteiger partial charge on any atom is 0.220 e. The molecule has 2 aliphatic rings. The van der Waals surface area contributed by atoms with Crippen LogP contribution in [0.4, 0.5) is 0 Å². The number of likely N-dealkylation sites (tertiary alicyclic amines) is 1. The number of guanidine groups is 1. The first kappa shape index (κ1) is 20.8. The number of aliphatic imine (C=N–C) groups is 1. The van der Waals surface area contributed by atoms with Gasteiger partial charge in [0.2, 0.25) is 5.91 Å². The second kappa shape index (κ2) is 9.43. The second-order valence-corrected chi connectivity index (χ2v) is 7.33. The van der Waals surface area contributed by atoms with Crippen molar-refractivity contribution in [3.05, 3.63) is 36.3 Å². The summed E-state index contributed by atoms with van der Waals surface area (Å²) in [5.74, 6) is 2.05. The summed E-state index contributed by atoms with van der Waals surface area (Å²) in [5.41, 5.74) is 1.09. The van der Waals surface area contributed by atoms with Crippen molar-refractivity contribution in [2.45, 2.75) is 32.6 Å². The van der Waals surface area contributed by atoms with Crippen LogP contribution in [0.25, 0.3) is 0 Å². The van der Waals surface area contributed by atoms with E-state index < -0.39 is 0 Å². The lowest BCUT2D eigenvalue weighted by Crippen LogP contribution is -2.51. The van der Waals surface area contributed by atoms with E-state index in [0.717, 1.165) is 62.7 Å². The Balaban J connectivity index is 0.00000243. The van der Waals surface area contributed by atoms with Crippen LogP contribution in [0.5, 0.6) is 0 Å². The molecule has 7 heteroatoms. The molecule has 0 aromatic carbocycles. The standard InChI is InChI=1S/C19H28N4O2.HI/c1-15(2)12-21-18(20-8-6-16-5-3-10-25-16)23-9-4-7-19(14-23)11-17(24)22-13-19;/h3,5,10H,1,4,6-9,11-14H2,2H3,(H,20,21)(H,22,24);1H. The number of nitrogens with one attached hydrogen (secondary N) is 2. The zero-order valence-corrected chi connectivity index (χ0v) is 17.8. The van der Waals surface area contributed by atoms with E-state index in [1.165, 1.54) is 0 Å². The van der Waals surface area contributed by atoms with Gasteiger partial charge >= 0.3 is 0 Å². The SMILES string of the molecule is C=C(C)CN=C(NCCc1ccco1)N1CCCC2(CNC(=O)C2)C1.I. The smallest absolute Gasteiger partial charge is 0.220 e. The highest BCUT2D eigenvalue weighted by Gasteiger charge is 2.42. The number of rotatable bonds is 5. The normalized spacial score (nSPS) is 22.9. The number of piperidine rings is 1. The fourth-order valence-corrected chi connectivity index (χ4v) is 3.66. The zero-order valence-electron chi connectivity index (χ0n) is 15.4. The fourth-order valence-electron chi connectivity index (χ4n) is 3.66. The number of halogens is 1. The monoisotopic (exact) mass is 472 g/mol. The first-order chi connectivity index (χ1) is 12.1. The molecule has 1 aromatic rings. The minimum absolute atomic E-state index is 0. The summed E-state index contributed by atoms with van der Waals surface area (Å²) in [5, 5.41) is 6.47. The predicted molar refractivity (Wildman–Crippen MR) is 114 cm³/mol. The summed E-state index contributed by atoms with van der Waals surface area (Å²) < 4.78 is 5.39. The van der Waals surface area contributed by atoms with Crippen LogP contribution in [0.3, 0.4) is 0 Å². The van der Waals surface area contributed by atoms with Crippen LogP contribution < -0.4 is 10.6 Å². The van der Waals surface area contributed by atoms with Crippen LogP contribution in [0.1, 0.15) is 31.9 Å². The highest BCUT2D eigenvalue weighted by molar-refractivity contribution is 14.0. The van der Waals surface area contributed by atoms with E-state index in [9.17, 15) is 4.79 Å². The molecule has 144 valence electrons. The van der Waals surface area contributed by atoms with Gasteiger partial charge in [0.1, 0.15) is 5.76 Å². The summed E-state index contributed by atoms with van der Waals surface area (Å²) in [6, 6.07) is 3.89. The molecule has 1 aromatic heterocycles.